The summed E-state index contributed by atoms with van der Waals surface area (Å²) in [5.41, 5.74) is 0. The van der Waals surface area contributed by atoms with Crippen LogP contribution in [0, 0.1) is 0 Å². The fourth-order valence-corrected chi connectivity index (χ4v) is 2.35. The van der Waals surface area contributed by atoms with Crippen molar-refractivity contribution >= 4 is 7.60 Å². The average Bonchev–Trinajstić information content (AvgIpc) is 2.02. The highest BCUT2D eigenvalue weighted by atomic mass is 31.2. The minimum atomic E-state index is -5.08. The molecule has 0 bridgehead atoms. The molecule has 0 rings (SSSR count). The Morgan fingerprint density at radius 2 is 1.53 bits per heavy atom. The molecule has 8 heteroatoms. The number of aliphatic hydroxyl groups is 1. The first kappa shape index (κ1) is 14.9. The van der Waals surface area contributed by atoms with E-state index in [-0.39, 0.29) is 13.2 Å². The molecule has 0 aliphatic heterocycles. The van der Waals surface area contributed by atoms with Gasteiger partial charge in [0.25, 0.3) is 5.34 Å². The summed E-state index contributed by atoms with van der Waals surface area (Å²) in [5, 5.41) is 5.70. The molecule has 0 aliphatic rings. The fraction of sp³-hybridized carbons (Fsp3) is 1.00. The van der Waals surface area contributed by atoms with Gasteiger partial charge < -0.3 is 14.2 Å². The van der Waals surface area contributed by atoms with Gasteiger partial charge >= 0.3 is 13.8 Å². The second-order valence-corrected chi connectivity index (χ2v) is 5.23. The van der Waals surface area contributed by atoms with Crippen molar-refractivity contribution in [3.63, 3.8) is 0 Å². The van der Waals surface area contributed by atoms with Gasteiger partial charge in [-0.25, -0.2) is 0 Å². The fourth-order valence-electron chi connectivity index (χ4n) is 0.784. The van der Waals surface area contributed by atoms with Crippen LogP contribution in [0.2, 0.25) is 0 Å². The zero-order valence-corrected chi connectivity index (χ0v) is 9.56. The number of alkyl halides is 3. The van der Waals surface area contributed by atoms with Crippen molar-refractivity contribution in [2.45, 2.75) is 32.3 Å². The smallest absolute Gasteiger partial charge is 0.371 e. The maximum atomic E-state index is 12.4. The van der Waals surface area contributed by atoms with Crippen LogP contribution in [0.4, 0.5) is 13.2 Å². The van der Waals surface area contributed by atoms with Gasteiger partial charge in [0.1, 0.15) is 0 Å². The van der Waals surface area contributed by atoms with E-state index in [1.165, 1.54) is 13.8 Å². The van der Waals surface area contributed by atoms with Crippen LogP contribution in [-0.4, -0.2) is 29.8 Å². The molecule has 0 spiro atoms. The van der Waals surface area contributed by atoms with Gasteiger partial charge in [-0.2, -0.15) is 13.2 Å². The Balaban J connectivity index is 5.16. The van der Waals surface area contributed by atoms with E-state index in [1.54, 1.807) is 0 Å². The van der Waals surface area contributed by atoms with Crippen LogP contribution < -0.4 is 0 Å². The summed E-state index contributed by atoms with van der Waals surface area (Å²) >= 11 is 0. The maximum absolute atomic E-state index is 12.4. The summed E-state index contributed by atoms with van der Waals surface area (Å²) in [4.78, 5) is 0. The lowest BCUT2D eigenvalue weighted by atomic mass is 10.4. The summed E-state index contributed by atoms with van der Waals surface area (Å²) in [6.45, 7) is 2.60. The largest absolute Gasteiger partial charge is 0.428 e. The van der Waals surface area contributed by atoms with Crippen LogP contribution in [0.3, 0.4) is 0 Å². The van der Waals surface area contributed by atoms with Gasteiger partial charge in [0.2, 0.25) is 0 Å². The molecule has 4 nitrogen and oxygen atoms in total. The molecular formula is C7H14F3O4P. The number of halogens is 3. The Bertz CT molecular complexity index is 241. The monoisotopic (exact) mass is 250 g/mol. The third-order valence-corrected chi connectivity index (χ3v) is 4.18. The van der Waals surface area contributed by atoms with Crippen molar-refractivity contribution in [2.75, 3.05) is 13.2 Å². The van der Waals surface area contributed by atoms with Crippen LogP contribution in [0.25, 0.3) is 0 Å². The molecule has 92 valence electrons. The zero-order chi connectivity index (χ0) is 12.3. The third-order valence-electron chi connectivity index (χ3n) is 1.67. The zero-order valence-electron chi connectivity index (χ0n) is 8.67. The van der Waals surface area contributed by atoms with E-state index in [9.17, 15) is 22.8 Å². The quantitative estimate of drug-likeness (QED) is 0.762. The van der Waals surface area contributed by atoms with Crippen LogP contribution >= 0.6 is 7.60 Å². The van der Waals surface area contributed by atoms with Crippen molar-refractivity contribution in [2.24, 2.45) is 0 Å². The van der Waals surface area contributed by atoms with Crippen LogP contribution in [-0.2, 0) is 13.6 Å². The summed E-state index contributed by atoms with van der Waals surface area (Å²) in [6, 6.07) is 0. The molecule has 0 saturated carbocycles. The van der Waals surface area contributed by atoms with Crippen molar-refractivity contribution < 1.29 is 31.9 Å². The van der Waals surface area contributed by atoms with E-state index in [2.05, 4.69) is 9.05 Å². The van der Waals surface area contributed by atoms with E-state index in [4.69, 9.17) is 0 Å². The molecule has 1 unspecified atom stereocenters. The maximum Gasteiger partial charge on any atom is 0.428 e. The summed E-state index contributed by atoms with van der Waals surface area (Å²) < 4.78 is 57.7. The number of hydrogen-bond donors (Lipinski definition) is 1. The highest BCUT2D eigenvalue weighted by Crippen LogP contribution is 2.63. The molecule has 0 aromatic heterocycles. The standard InChI is InChI=1S/C7H14F3O4P/c1-4-13-15(12,14-5-2)6(3,11)7(8,9)10/h11H,4-5H2,1-3H3. The first-order chi connectivity index (χ1) is 6.62. The summed E-state index contributed by atoms with van der Waals surface area (Å²) in [6.07, 6.45) is -5.08. The summed E-state index contributed by atoms with van der Waals surface area (Å²) in [7, 11) is -4.61. The van der Waals surface area contributed by atoms with E-state index in [0.717, 1.165) is 0 Å². The van der Waals surface area contributed by atoms with E-state index < -0.39 is 19.1 Å². The van der Waals surface area contributed by atoms with Crippen molar-refractivity contribution in [1.82, 2.24) is 0 Å². The summed E-state index contributed by atoms with van der Waals surface area (Å²) in [5.74, 6) is 0. The molecule has 15 heavy (non-hydrogen) atoms. The third kappa shape index (κ3) is 2.93. The highest BCUT2D eigenvalue weighted by molar-refractivity contribution is 7.55. The Morgan fingerprint density at radius 1 is 1.20 bits per heavy atom. The van der Waals surface area contributed by atoms with Gasteiger partial charge in [0, 0.05) is 0 Å². The first-order valence-electron chi connectivity index (χ1n) is 4.30. The molecule has 0 amide bonds. The van der Waals surface area contributed by atoms with Crippen LogP contribution in [0.1, 0.15) is 20.8 Å². The van der Waals surface area contributed by atoms with Crippen molar-refractivity contribution in [1.29, 1.82) is 0 Å². The lowest BCUT2D eigenvalue weighted by molar-refractivity contribution is -0.224. The molecular weight excluding hydrogens is 236 g/mol. The van der Waals surface area contributed by atoms with E-state index in [0.29, 0.717) is 6.92 Å². The Labute approximate surface area is 85.9 Å². The van der Waals surface area contributed by atoms with Gasteiger partial charge in [-0.15, -0.1) is 0 Å². The Morgan fingerprint density at radius 3 is 1.73 bits per heavy atom. The van der Waals surface area contributed by atoms with Crippen molar-refractivity contribution in [3.8, 4) is 0 Å². The topological polar surface area (TPSA) is 55.8 Å². The second-order valence-electron chi connectivity index (χ2n) is 2.85. The average molecular weight is 250 g/mol. The SMILES string of the molecule is CCOP(=O)(OCC)C(C)(O)C(F)(F)F. The molecule has 0 aliphatic carbocycles. The molecule has 0 saturated heterocycles. The molecule has 1 N–H and O–H groups in total. The lowest BCUT2D eigenvalue weighted by Crippen LogP contribution is -2.43. The molecule has 0 fully saturated rings. The van der Waals surface area contributed by atoms with Gasteiger partial charge in [0.15, 0.2) is 0 Å². The minimum absolute atomic E-state index is 0.247. The second kappa shape index (κ2) is 4.82. The van der Waals surface area contributed by atoms with Crippen LogP contribution in [0.5, 0.6) is 0 Å². The number of rotatable bonds is 5. The van der Waals surface area contributed by atoms with E-state index >= 15 is 0 Å². The minimum Gasteiger partial charge on any atom is -0.371 e. The Hall–Kier alpha value is -0.100. The number of hydrogen-bond acceptors (Lipinski definition) is 4. The normalized spacial score (nSPS) is 17.5. The predicted molar refractivity (Wildman–Crippen MR) is 47.5 cm³/mol. The molecule has 0 heterocycles. The van der Waals surface area contributed by atoms with Gasteiger partial charge in [0.05, 0.1) is 13.2 Å². The van der Waals surface area contributed by atoms with Crippen LogP contribution in [0.15, 0.2) is 0 Å². The predicted octanol–water partition coefficient (Wildman–Crippen LogP) is 2.52. The van der Waals surface area contributed by atoms with E-state index in [1.807, 2.05) is 0 Å². The molecule has 1 atom stereocenters. The highest BCUT2D eigenvalue weighted by Gasteiger charge is 2.64. The molecule has 0 radical (unpaired) electrons. The first-order valence-corrected chi connectivity index (χ1v) is 5.85. The van der Waals surface area contributed by atoms with Gasteiger partial charge in [-0.3, -0.25) is 4.57 Å². The Kier molecular flexibility index (Phi) is 4.79. The van der Waals surface area contributed by atoms with Crippen molar-refractivity contribution in [3.05, 3.63) is 0 Å². The van der Waals surface area contributed by atoms with Gasteiger partial charge in [-0.1, -0.05) is 0 Å². The molecule has 0 aromatic carbocycles. The lowest BCUT2D eigenvalue weighted by Gasteiger charge is -2.32. The molecule has 0 aromatic rings. The van der Waals surface area contributed by atoms with Gasteiger partial charge in [-0.05, 0) is 20.8 Å².